The smallest absolute Gasteiger partial charge is 0.257 e. The van der Waals surface area contributed by atoms with E-state index in [1.165, 1.54) is 31.2 Å². The van der Waals surface area contributed by atoms with E-state index in [4.69, 9.17) is 21.4 Å². The lowest BCUT2D eigenvalue weighted by molar-refractivity contribution is 0.0977. The summed E-state index contributed by atoms with van der Waals surface area (Å²) in [4.78, 5) is 12.6. The number of hydrogen-bond donors (Lipinski definition) is 3. The first-order chi connectivity index (χ1) is 16.9. The van der Waals surface area contributed by atoms with Crippen LogP contribution in [-0.2, 0) is 16.6 Å². The van der Waals surface area contributed by atoms with Crippen molar-refractivity contribution in [1.29, 1.82) is 0 Å². The average Bonchev–Trinajstić information content (AvgIpc) is 3.37. The number of benzene rings is 2. The second kappa shape index (κ2) is 13.0. The molecule has 3 rings (SSSR count). The van der Waals surface area contributed by atoms with Gasteiger partial charge in [-0.3, -0.25) is 10.1 Å². The highest BCUT2D eigenvalue weighted by atomic mass is 32.2. The number of sulfonamides is 1. The van der Waals surface area contributed by atoms with Gasteiger partial charge in [-0.1, -0.05) is 26.2 Å². The second-order valence-electron chi connectivity index (χ2n) is 7.77. The Labute approximate surface area is 211 Å². The van der Waals surface area contributed by atoms with Gasteiger partial charge in [0.1, 0.15) is 11.5 Å². The molecular formula is C25H29N3O5S2. The molecule has 35 heavy (non-hydrogen) atoms. The summed E-state index contributed by atoms with van der Waals surface area (Å²) in [6.07, 6.45) is 6.00. The van der Waals surface area contributed by atoms with Crippen LogP contribution in [0.15, 0.2) is 76.2 Å². The maximum atomic E-state index is 12.5. The van der Waals surface area contributed by atoms with E-state index in [1.54, 1.807) is 48.5 Å². The fourth-order valence-electron chi connectivity index (χ4n) is 3.14. The molecular weight excluding hydrogens is 486 g/mol. The lowest BCUT2D eigenvalue weighted by atomic mass is 10.2. The summed E-state index contributed by atoms with van der Waals surface area (Å²) in [5.74, 6) is 0.864. The second-order valence-corrected chi connectivity index (χ2v) is 9.95. The molecule has 0 fully saturated rings. The number of thiocarbonyl (C=S) groups is 1. The molecule has 0 bridgehead atoms. The average molecular weight is 516 g/mol. The zero-order valence-corrected chi connectivity index (χ0v) is 21.1. The topological polar surface area (TPSA) is 110 Å². The van der Waals surface area contributed by atoms with Crippen molar-refractivity contribution >= 4 is 38.9 Å². The van der Waals surface area contributed by atoms with Crippen molar-refractivity contribution in [2.45, 2.75) is 44.0 Å². The van der Waals surface area contributed by atoms with Crippen LogP contribution >= 0.6 is 12.2 Å². The molecule has 0 aliphatic carbocycles. The zero-order chi connectivity index (χ0) is 25.1. The summed E-state index contributed by atoms with van der Waals surface area (Å²) < 4.78 is 38.1. The number of furan rings is 1. The Morgan fingerprint density at radius 1 is 1.00 bits per heavy atom. The number of amides is 1. The number of carbonyl (C=O) groups is 1. The van der Waals surface area contributed by atoms with Gasteiger partial charge in [-0.05, 0) is 79.3 Å². The first-order valence-electron chi connectivity index (χ1n) is 11.3. The summed E-state index contributed by atoms with van der Waals surface area (Å²) in [5.41, 5.74) is 0.976. The van der Waals surface area contributed by atoms with Gasteiger partial charge in [0.2, 0.25) is 10.0 Å². The molecule has 0 saturated heterocycles. The van der Waals surface area contributed by atoms with Crippen molar-refractivity contribution in [2.24, 2.45) is 0 Å². The van der Waals surface area contributed by atoms with E-state index in [1.807, 2.05) is 0 Å². The van der Waals surface area contributed by atoms with E-state index < -0.39 is 10.0 Å². The summed E-state index contributed by atoms with van der Waals surface area (Å²) in [6.45, 7) is 2.87. The maximum Gasteiger partial charge on any atom is 0.257 e. The molecule has 10 heteroatoms. The number of ether oxygens (including phenoxy) is 1. The Morgan fingerprint density at radius 2 is 1.74 bits per heavy atom. The molecule has 0 aliphatic heterocycles. The highest BCUT2D eigenvalue weighted by Gasteiger charge is 2.15. The molecule has 186 valence electrons. The SMILES string of the molecule is CCCCCCOc1ccc(C(=O)NC(=S)Nc2ccc(S(=O)(=O)NCc3ccco3)cc2)cc1. The van der Waals surface area contributed by atoms with Gasteiger partial charge in [-0.25, -0.2) is 13.1 Å². The van der Waals surface area contributed by atoms with Crippen LogP contribution in [0.1, 0.15) is 48.7 Å². The monoisotopic (exact) mass is 515 g/mol. The Morgan fingerprint density at radius 3 is 2.40 bits per heavy atom. The fourth-order valence-corrected chi connectivity index (χ4v) is 4.34. The summed E-state index contributed by atoms with van der Waals surface area (Å²) >= 11 is 5.21. The summed E-state index contributed by atoms with van der Waals surface area (Å²) in [6, 6.07) is 16.2. The first-order valence-corrected chi connectivity index (χ1v) is 13.2. The molecule has 1 heterocycles. The molecule has 0 saturated carbocycles. The summed E-state index contributed by atoms with van der Waals surface area (Å²) in [7, 11) is -3.70. The molecule has 2 aromatic carbocycles. The van der Waals surface area contributed by atoms with Gasteiger partial charge < -0.3 is 14.5 Å². The quantitative estimate of drug-likeness (QED) is 0.234. The van der Waals surface area contributed by atoms with Gasteiger partial charge in [-0.2, -0.15) is 0 Å². The minimum atomic E-state index is -3.70. The molecule has 0 unspecified atom stereocenters. The maximum absolute atomic E-state index is 12.5. The molecule has 0 radical (unpaired) electrons. The van der Waals surface area contributed by atoms with Gasteiger partial charge >= 0.3 is 0 Å². The van der Waals surface area contributed by atoms with E-state index in [9.17, 15) is 13.2 Å². The number of unbranched alkanes of at least 4 members (excludes halogenated alkanes) is 3. The van der Waals surface area contributed by atoms with E-state index in [-0.39, 0.29) is 22.5 Å². The normalized spacial score (nSPS) is 11.1. The largest absolute Gasteiger partial charge is 0.494 e. The Balaban J connectivity index is 1.46. The lowest BCUT2D eigenvalue weighted by Gasteiger charge is -2.11. The highest BCUT2D eigenvalue weighted by molar-refractivity contribution is 7.89. The third-order valence-corrected chi connectivity index (χ3v) is 6.67. The molecule has 0 aliphatic rings. The number of nitrogens with one attached hydrogen (secondary N) is 3. The molecule has 0 atom stereocenters. The van der Waals surface area contributed by atoms with Crippen LogP contribution in [0.2, 0.25) is 0 Å². The third-order valence-electron chi connectivity index (χ3n) is 5.05. The van der Waals surface area contributed by atoms with Gasteiger partial charge in [0.15, 0.2) is 5.11 Å². The van der Waals surface area contributed by atoms with Crippen LogP contribution in [0.5, 0.6) is 5.75 Å². The summed E-state index contributed by atoms with van der Waals surface area (Å²) in [5, 5.41) is 5.58. The van der Waals surface area contributed by atoms with E-state index in [0.717, 1.165) is 12.8 Å². The van der Waals surface area contributed by atoms with Crippen LogP contribution in [0.4, 0.5) is 5.69 Å². The van der Waals surface area contributed by atoms with Crippen LogP contribution in [-0.4, -0.2) is 26.0 Å². The van der Waals surface area contributed by atoms with Gasteiger partial charge in [0.05, 0.1) is 24.3 Å². The first kappa shape index (κ1) is 26.4. The van der Waals surface area contributed by atoms with Crippen LogP contribution in [0, 0.1) is 0 Å². The van der Waals surface area contributed by atoms with Gasteiger partial charge in [-0.15, -0.1) is 0 Å². The van der Waals surface area contributed by atoms with Crippen molar-refractivity contribution in [3.05, 3.63) is 78.3 Å². The highest BCUT2D eigenvalue weighted by Crippen LogP contribution is 2.16. The number of carbonyl (C=O) groups excluding carboxylic acids is 1. The van der Waals surface area contributed by atoms with Crippen molar-refractivity contribution < 1.29 is 22.4 Å². The molecule has 3 N–H and O–H groups in total. The van der Waals surface area contributed by atoms with Crippen molar-refractivity contribution in [3.8, 4) is 5.75 Å². The standard InChI is InChI=1S/C25H29N3O5S2/c1-2-3-4-5-16-32-21-12-8-19(9-13-21)24(29)28-25(34)27-20-10-14-23(15-11-20)35(30,31)26-18-22-7-6-17-33-22/h6-15,17,26H,2-5,16,18H2,1H3,(H2,27,28,29,34). The van der Waals surface area contributed by atoms with E-state index in [2.05, 4.69) is 22.3 Å². The number of anilines is 1. The Bertz CT molecular complexity index is 1190. The number of hydrogen-bond acceptors (Lipinski definition) is 6. The minimum Gasteiger partial charge on any atom is -0.494 e. The van der Waals surface area contributed by atoms with Crippen LogP contribution in [0.3, 0.4) is 0 Å². The van der Waals surface area contributed by atoms with Crippen molar-refractivity contribution in [2.75, 3.05) is 11.9 Å². The van der Waals surface area contributed by atoms with Gasteiger partial charge in [0, 0.05) is 11.3 Å². The Hall–Kier alpha value is -3.21. The predicted octanol–water partition coefficient (Wildman–Crippen LogP) is 4.84. The fraction of sp³-hybridized carbons (Fsp3) is 0.280. The third kappa shape index (κ3) is 8.50. The molecule has 8 nitrogen and oxygen atoms in total. The minimum absolute atomic E-state index is 0.0531. The molecule has 3 aromatic rings. The van der Waals surface area contributed by atoms with E-state index >= 15 is 0 Å². The van der Waals surface area contributed by atoms with Crippen LogP contribution in [0.25, 0.3) is 0 Å². The van der Waals surface area contributed by atoms with Crippen LogP contribution < -0.4 is 20.1 Å². The molecule has 1 amide bonds. The lowest BCUT2D eigenvalue weighted by Crippen LogP contribution is -2.34. The van der Waals surface area contributed by atoms with Gasteiger partial charge in [0.25, 0.3) is 5.91 Å². The molecule has 0 spiro atoms. The predicted molar refractivity (Wildman–Crippen MR) is 139 cm³/mol. The van der Waals surface area contributed by atoms with Crippen molar-refractivity contribution in [3.63, 3.8) is 0 Å². The number of rotatable bonds is 12. The zero-order valence-electron chi connectivity index (χ0n) is 19.5. The molecule has 1 aromatic heterocycles. The Kier molecular flexibility index (Phi) is 9.83. The van der Waals surface area contributed by atoms with E-state index in [0.29, 0.717) is 29.4 Å². The van der Waals surface area contributed by atoms with Crippen molar-refractivity contribution in [1.82, 2.24) is 10.0 Å².